The van der Waals surface area contributed by atoms with Crippen molar-refractivity contribution in [2.45, 2.75) is 49.9 Å². The molecule has 0 N–H and O–H groups in total. The summed E-state index contributed by atoms with van der Waals surface area (Å²) in [6.45, 7) is 4.52. The van der Waals surface area contributed by atoms with Gasteiger partial charge in [0.1, 0.15) is 0 Å². The van der Waals surface area contributed by atoms with Gasteiger partial charge in [0.25, 0.3) is 0 Å². The van der Waals surface area contributed by atoms with E-state index in [2.05, 4.69) is 36.4 Å². The lowest BCUT2D eigenvalue weighted by Gasteiger charge is -2.05. The fourth-order valence-electron chi connectivity index (χ4n) is 0.883. The Morgan fingerprint density at radius 3 is 2.22 bits per heavy atom. The molecule has 56 valence electrons. The summed E-state index contributed by atoms with van der Waals surface area (Å²) in [7, 11) is 0. The van der Waals surface area contributed by atoms with Gasteiger partial charge in [0, 0.05) is 3.92 Å². The monoisotopic (exact) mass is 240 g/mol. The van der Waals surface area contributed by atoms with E-state index < -0.39 is 0 Å². The number of hydrogen-bond acceptors (Lipinski definition) is 0. The summed E-state index contributed by atoms with van der Waals surface area (Å²) in [5.41, 5.74) is 0. The summed E-state index contributed by atoms with van der Waals surface area (Å²) < 4.78 is 0.938. The summed E-state index contributed by atoms with van der Waals surface area (Å²) in [4.78, 5) is 0. The minimum Gasteiger partial charge on any atom is -0.0826 e. The van der Waals surface area contributed by atoms with Crippen LogP contribution >= 0.6 is 22.6 Å². The number of halogens is 1. The summed E-state index contributed by atoms with van der Waals surface area (Å²) in [5, 5.41) is 0. The SMILES string of the molecule is CCCC[C@@H](I)CCC. The van der Waals surface area contributed by atoms with Crippen molar-refractivity contribution in [1.29, 1.82) is 0 Å². The minimum atomic E-state index is 0.938. The van der Waals surface area contributed by atoms with Gasteiger partial charge in [-0.05, 0) is 12.8 Å². The van der Waals surface area contributed by atoms with Crippen molar-refractivity contribution in [3.8, 4) is 0 Å². The van der Waals surface area contributed by atoms with Gasteiger partial charge in [0.2, 0.25) is 0 Å². The maximum absolute atomic E-state index is 2.56. The molecular formula is C8H17I. The third kappa shape index (κ3) is 6.62. The molecule has 0 radical (unpaired) electrons. The molecule has 0 nitrogen and oxygen atoms in total. The second-order valence-electron chi connectivity index (χ2n) is 2.53. The van der Waals surface area contributed by atoms with E-state index >= 15 is 0 Å². The van der Waals surface area contributed by atoms with Gasteiger partial charge in [0.15, 0.2) is 0 Å². The van der Waals surface area contributed by atoms with Gasteiger partial charge in [-0.1, -0.05) is 55.7 Å². The van der Waals surface area contributed by atoms with Gasteiger partial charge in [-0.25, -0.2) is 0 Å². The van der Waals surface area contributed by atoms with Crippen LogP contribution in [-0.2, 0) is 0 Å². The molecule has 0 spiro atoms. The van der Waals surface area contributed by atoms with E-state index in [0.29, 0.717) is 0 Å². The van der Waals surface area contributed by atoms with Crippen molar-refractivity contribution in [2.75, 3.05) is 0 Å². The lowest BCUT2D eigenvalue weighted by molar-refractivity contribution is 0.655. The highest BCUT2D eigenvalue weighted by atomic mass is 127. The Morgan fingerprint density at radius 2 is 1.78 bits per heavy atom. The van der Waals surface area contributed by atoms with Crippen LogP contribution in [0.3, 0.4) is 0 Å². The van der Waals surface area contributed by atoms with E-state index in [9.17, 15) is 0 Å². The minimum absolute atomic E-state index is 0.938. The Morgan fingerprint density at radius 1 is 1.11 bits per heavy atom. The van der Waals surface area contributed by atoms with E-state index in [1.165, 1.54) is 32.1 Å². The maximum Gasteiger partial charge on any atom is 0.0109 e. The van der Waals surface area contributed by atoms with Crippen LogP contribution in [0.1, 0.15) is 46.0 Å². The normalized spacial score (nSPS) is 13.7. The smallest absolute Gasteiger partial charge is 0.0109 e. The molecule has 0 aromatic heterocycles. The van der Waals surface area contributed by atoms with Crippen LogP contribution < -0.4 is 0 Å². The third-order valence-electron chi connectivity index (χ3n) is 1.47. The second kappa shape index (κ2) is 6.84. The molecule has 0 aliphatic carbocycles. The van der Waals surface area contributed by atoms with Crippen molar-refractivity contribution in [1.82, 2.24) is 0 Å². The van der Waals surface area contributed by atoms with Gasteiger partial charge in [0.05, 0.1) is 0 Å². The first-order chi connectivity index (χ1) is 4.31. The predicted octanol–water partition coefficient (Wildman–Crippen LogP) is 3.78. The molecule has 1 heteroatoms. The molecule has 0 saturated carbocycles. The summed E-state index contributed by atoms with van der Waals surface area (Å²) in [6, 6.07) is 0. The molecule has 0 heterocycles. The first-order valence-corrected chi connectivity index (χ1v) is 5.19. The Hall–Kier alpha value is 0.730. The third-order valence-corrected chi connectivity index (χ3v) is 2.72. The highest BCUT2D eigenvalue weighted by Gasteiger charge is 1.99. The fourth-order valence-corrected chi connectivity index (χ4v) is 1.95. The topological polar surface area (TPSA) is 0 Å². The molecule has 1 atom stereocenters. The zero-order valence-electron chi connectivity index (χ0n) is 6.49. The van der Waals surface area contributed by atoms with Crippen LogP contribution in [0.25, 0.3) is 0 Å². The molecule has 0 aromatic carbocycles. The number of rotatable bonds is 5. The van der Waals surface area contributed by atoms with Crippen molar-refractivity contribution < 1.29 is 0 Å². The molecule has 0 saturated heterocycles. The molecule has 0 aliphatic rings. The zero-order valence-corrected chi connectivity index (χ0v) is 8.65. The van der Waals surface area contributed by atoms with Crippen molar-refractivity contribution in [3.05, 3.63) is 0 Å². The molecule has 0 bridgehead atoms. The fraction of sp³-hybridized carbons (Fsp3) is 1.00. The Bertz CT molecular complexity index is 52.5. The van der Waals surface area contributed by atoms with Crippen LogP contribution in [0.2, 0.25) is 0 Å². The summed E-state index contributed by atoms with van der Waals surface area (Å²) in [5.74, 6) is 0. The average molecular weight is 240 g/mol. The molecule has 0 amide bonds. The van der Waals surface area contributed by atoms with E-state index in [4.69, 9.17) is 0 Å². The molecular weight excluding hydrogens is 223 g/mol. The van der Waals surface area contributed by atoms with Gasteiger partial charge in [-0.3, -0.25) is 0 Å². The molecule has 0 fully saturated rings. The standard InChI is InChI=1S/C8H17I/c1-3-5-7-8(9)6-4-2/h8H,3-7H2,1-2H3/t8-/m0/s1. The summed E-state index contributed by atoms with van der Waals surface area (Å²) >= 11 is 2.56. The Balaban J connectivity index is 2.95. The maximum atomic E-state index is 2.56. The van der Waals surface area contributed by atoms with E-state index in [0.717, 1.165) is 3.92 Å². The van der Waals surface area contributed by atoms with Crippen molar-refractivity contribution in [3.63, 3.8) is 0 Å². The second-order valence-corrected chi connectivity index (χ2v) is 4.29. The highest BCUT2D eigenvalue weighted by molar-refractivity contribution is 14.1. The number of hydrogen-bond donors (Lipinski definition) is 0. The first-order valence-electron chi connectivity index (χ1n) is 3.95. The predicted molar refractivity (Wildman–Crippen MR) is 52.2 cm³/mol. The van der Waals surface area contributed by atoms with E-state index in [1.54, 1.807) is 0 Å². The van der Waals surface area contributed by atoms with Crippen LogP contribution in [0.4, 0.5) is 0 Å². The van der Waals surface area contributed by atoms with Crippen LogP contribution in [-0.4, -0.2) is 3.92 Å². The molecule has 0 aromatic rings. The molecule has 0 aliphatic heterocycles. The van der Waals surface area contributed by atoms with Gasteiger partial charge < -0.3 is 0 Å². The van der Waals surface area contributed by atoms with E-state index in [1.807, 2.05) is 0 Å². The number of unbranched alkanes of at least 4 members (excludes halogenated alkanes) is 1. The molecule has 0 rings (SSSR count). The lowest BCUT2D eigenvalue weighted by atomic mass is 10.1. The number of alkyl halides is 1. The van der Waals surface area contributed by atoms with Crippen molar-refractivity contribution in [2.24, 2.45) is 0 Å². The molecule has 0 unspecified atom stereocenters. The zero-order chi connectivity index (χ0) is 7.11. The van der Waals surface area contributed by atoms with Gasteiger partial charge >= 0.3 is 0 Å². The summed E-state index contributed by atoms with van der Waals surface area (Å²) in [6.07, 6.45) is 6.93. The van der Waals surface area contributed by atoms with Gasteiger partial charge in [-0.2, -0.15) is 0 Å². The first kappa shape index (κ1) is 9.73. The quantitative estimate of drug-likeness (QED) is 0.506. The molecule has 9 heavy (non-hydrogen) atoms. The highest BCUT2D eigenvalue weighted by Crippen LogP contribution is 2.15. The lowest BCUT2D eigenvalue weighted by Crippen LogP contribution is -1.95. The Kier molecular flexibility index (Phi) is 7.40. The van der Waals surface area contributed by atoms with E-state index in [-0.39, 0.29) is 0 Å². The largest absolute Gasteiger partial charge is 0.0826 e. The van der Waals surface area contributed by atoms with Crippen LogP contribution in [0.5, 0.6) is 0 Å². The van der Waals surface area contributed by atoms with Gasteiger partial charge in [-0.15, -0.1) is 0 Å². The Labute approximate surface area is 72.6 Å². The average Bonchev–Trinajstić information content (AvgIpc) is 1.85. The van der Waals surface area contributed by atoms with Crippen LogP contribution in [0.15, 0.2) is 0 Å². The van der Waals surface area contributed by atoms with Crippen molar-refractivity contribution >= 4 is 22.6 Å². The van der Waals surface area contributed by atoms with Crippen LogP contribution in [0, 0.1) is 0 Å².